The fourth-order valence-electron chi connectivity index (χ4n) is 1.85. The highest BCUT2D eigenvalue weighted by atomic mass is 35.5. The standard InChI is InChI=1S/C15H18ClNO5/c1-9(14(19)21-2)8-12(15(20)22-3)17-13(18)10-4-6-11(16)7-5-10/h4-7,9,12H,8H2,1-3H3,(H,17,18)/t9-,12+/m1/s1. The fraction of sp³-hybridized carbons (Fsp3) is 0.400. The van der Waals surface area contributed by atoms with Gasteiger partial charge in [-0.2, -0.15) is 0 Å². The fourth-order valence-corrected chi connectivity index (χ4v) is 1.98. The van der Waals surface area contributed by atoms with E-state index in [1.54, 1.807) is 19.1 Å². The number of amides is 1. The van der Waals surface area contributed by atoms with Crippen LogP contribution in [0.2, 0.25) is 5.02 Å². The quantitative estimate of drug-likeness (QED) is 0.806. The number of esters is 2. The highest BCUT2D eigenvalue weighted by Crippen LogP contribution is 2.12. The second-order valence-corrected chi connectivity index (χ2v) is 5.15. The van der Waals surface area contributed by atoms with E-state index in [1.807, 2.05) is 0 Å². The number of carbonyl (C=O) groups excluding carboxylic acids is 3. The van der Waals surface area contributed by atoms with Gasteiger partial charge < -0.3 is 14.8 Å². The highest BCUT2D eigenvalue weighted by molar-refractivity contribution is 6.30. The van der Waals surface area contributed by atoms with Crippen LogP contribution in [0.15, 0.2) is 24.3 Å². The Morgan fingerprint density at radius 2 is 1.64 bits per heavy atom. The molecule has 0 radical (unpaired) electrons. The summed E-state index contributed by atoms with van der Waals surface area (Å²) in [6.45, 7) is 1.61. The van der Waals surface area contributed by atoms with Gasteiger partial charge in [-0.15, -0.1) is 0 Å². The third-order valence-corrected chi connectivity index (χ3v) is 3.34. The average molecular weight is 328 g/mol. The lowest BCUT2D eigenvalue weighted by atomic mass is 10.0. The van der Waals surface area contributed by atoms with Crippen molar-refractivity contribution >= 4 is 29.4 Å². The number of carbonyl (C=O) groups is 3. The van der Waals surface area contributed by atoms with E-state index in [0.29, 0.717) is 10.6 Å². The summed E-state index contributed by atoms with van der Waals surface area (Å²) in [5.74, 6) is -2.10. The topological polar surface area (TPSA) is 81.7 Å². The summed E-state index contributed by atoms with van der Waals surface area (Å²) < 4.78 is 9.27. The van der Waals surface area contributed by atoms with Crippen LogP contribution < -0.4 is 5.32 Å². The number of hydrogen-bond acceptors (Lipinski definition) is 5. The molecular formula is C15H18ClNO5. The van der Waals surface area contributed by atoms with Crippen molar-refractivity contribution in [2.24, 2.45) is 5.92 Å². The Hall–Kier alpha value is -2.08. The van der Waals surface area contributed by atoms with Crippen LogP contribution >= 0.6 is 11.6 Å². The molecule has 6 nitrogen and oxygen atoms in total. The summed E-state index contributed by atoms with van der Waals surface area (Å²) in [5.41, 5.74) is 0.351. The smallest absolute Gasteiger partial charge is 0.328 e. The Morgan fingerprint density at radius 1 is 1.09 bits per heavy atom. The minimum absolute atomic E-state index is 0.0820. The predicted molar refractivity (Wildman–Crippen MR) is 80.5 cm³/mol. The van der Waals surface area contributed by atoms with Gasteiger partial charge in [-0.1, -0.05) is 18.5 Å². The normalized spacial score (nSPS) is 12.9. The lowest BCUT2D eigenvalue weighted by molar-refractivity contribution is -0.147. The molecule has 2 atom stereocenters. The van der Waals surface area contributed by atoms with Gasteiger partial charge in [0.1, 0.15) is 6.04 Å². The van der Waals surface area contributed by atoms with Crippen molar-refractivity contribution in [3.8, 4) is 0 Å². The predicted octanol–water partition coefficient (Wildman–Crippen LogP) is 1.81. The van der Waals surface area contributed by atoms with Gasteiger partial charge in [0.05, 0.1) is 20.1 Å². The molecule has 22 heavy (non-hydrogen) atoms. The summed E-state index contributed by atoms with van der Waals surface area (Å²) >= 11 is 5.76. The van der Waals surface area contributed by atoms with Crippen molar-refractivity contribution in [2.45, 2.75) is 19.4 Å². The molecule has 0 aromatic heterocycles. The molecule has 0 saturated heterocycles. The monoisotopic (exact) mass is 327 g/mol. The van der Waals surface area contributed by atoms with Gasteiger partial charge in [-0.25, -0.2) is 4.79 Å². The van der Waals surface area contributed by atoms with Gasteiger partial charge in [0.25, 0.3) is 5.91 Å². The molecule has 120 valence electrons. The van der Waals surface area contributed by atoms with Crippen LogP contribution in [-0.2, 0) is 19.1 Å². The Kier molecular flexibility index (Phi) is 6.85. The Bertz CT molecular complexity index is 543. The van der Waals surface area contributed by atoms with E-state index >= 15 is 0 Å². The summed E-state index contributed by atoms with van der Waals surface area (Å²) in [4.78, 5) is 35.3. The summed E-state index contributed by atoms with van der Waals surface area (Å²) in [7, 11) is 2.48. The van der Waals surface area contributed by atoms with Crippen molar-refractivity contribution in [1.82, 2.24) is 5.32 Å². The summed E-state index contributed by atoms with van der Waals surface area (Å²) in [6.07, 6.45) is 0.0820. The Labute approximate surface area is 133 Å². The van der Waals surface area contributed by atoms with Gasteiger partial charge in [0.15, 0.2) is 0 Å². The first-order valence-electron chi connectivity index (χ1n) is 6.61. The zero-order valence-electron chi connectivity index (χ0n) is 12.6. The van der Waals surface area contributed by atoms with Crippen LogP contribution in [0, 0.1) is 5.92 Å². The third kappa shape index (κ3) is 5.04. The van der Waals surface area contributed by atoms with Crippen molar-refractivity contribution in [2.75, 3.05) is 14.2 Å². The van der Waals surface area contributed by atoms with Gasteiger partial charge >= 0.3 is 11.9 Å². The van der Waals surface area contributed by atoms with Crippen molar-refractivity contribution in [3.05, 3.63) is 34.9 Å². The number of hydrogen-bond donors (Lipinski definition) is 1. The van der Waals surface area contributed by atoms with Crippen molar-refractivity contribution in [1.29, 1.82) is 0 Å². The molecule has 0 aliphatic carbocycles. The van der Waals surface area contributed by atoms with Crippen molar-refractivity contribution < 1.29 is 23.9 Å². The molecule has 0 aliphatic heterocycles. The molecule has 1 amide bonds. The Balaban J connectivity index is 2.80. The molecule has 0 spiro atoms. The van der Waals surface area contributed by atoms with Crippen molar-refractivity contribution in [3.63, 3.8) is 0 Å². The molecule has 0 aliphatic rings. The zero-order valence-corrected chi connectivity index (χ0v) is 13.3. The average Bonchev–Trinajstić information content (AvgIpc) is 2.52. The maximum Gasteiger partial charge on any atom is 0.328 e. The van der Waals surface area contributed by atoms with Crippen LogP contribution in [-0.4, -0.2) is 38.1 Å². The van der Waals surface area contributed by atoms with Crippen LogP contribution in [0.25, 0.3) is 0 Å². The number of nitrogens with one attached hydrogen (secondary N) is 1. The number of halogens is 1. The first kappa shape index (κ1) is 18.0. The third-order valence-electron chi connectivity index (χ3n) is 3.09. The molecule has 1 N–H and O–H groups in total. The second-order valence-electron chi connectivity index (χ2n) is 4.72. The van der Waals surface area contributed by atoms with E-state index in [2.05, 4.69) is 14.8 Å². The summed E-state index contributed by atoms with van der Waals surface area (Å²) in [6, 6.07) is 5.27. The van der Waals surface area contributed by atoms with E-state index in [9.17, 15) is 14.4 Å². The SMILES string of the molecule is COC(=O)[C@H](C)C[C@H](NC(=O)c1ccc(Cl)cc1)C(=O)OC. The number of rotatable bonds is 6. The molecule has 0 unspecified atom stereocenters. The van der Waals surface area contributed by atoms with E-state index in [1.165, 1.54) is 26.4 Å². The zero-order chi connectivity index (χ0) is 16.7. The van der Waals surface area contributed by atoms with E-state index in [4.69, 9.17) is 11.6 Å². The molecule has 1 rings (SSSR count). The van der Waals surface area contributed by atoms with Gasteiger partial charge in [-0.05, 0) is 30.7 Å². The second kappa shape index (κ2) is 8.38. The van der Waals surface area contributed by atoms with Crippen LogP contribution in [0.1, 0.15) is 23.7 Å². The summed E-state index contributed by atoms with van der Waals surface area (Å²) in [5, 5.41) is 3.05. The van der Waals surface area contributed by atoms with Crippen LogP contribution in [0.3, 0.4) is 0 Å². The molecule has 0 heterocycles. The van der Waals surface area contributed by atoms with Gasteiger partial charge in [0, 0.05) is 10.6 Å². The maximum atomic E-state index is 12.1. The van der Waals surface area contributed by atoms with Crippen LogP contribution in [0.4, 0.5) is 0 Å². The molecule has 7 heteroatoms. The molecule has 1 aromatic rings. The van der Waals surface area contributed by atoms with E-state index in [0.717, 1.165) is 0 Å². The van der Waals surface area contributed by atoms with E-state index in [-0.39, 0.29) is 6.42 Å². The number of benzene rings is 1. The first-order chi connectivity index (χ1) is 10.4. The number of ether oxygens (including phenoxy) is 2. The van der Waals surface area contributed by atoms with Gasteiger partial charge in [-0.3, -0.25) is 9.59 Å². The molecule has 0 fully saturated rings. The molecular weight excluding hydrogens is 310 g/mol. The minimum Gasteiger partial charge on any atom is -0.469 e. The van der Waals surface area contributed by atoms with E-state index < -0.39 is 29.8 Å². The molecule has 0 bridgehead atoms. The first-order valence-corrected chi connectivity index (χ1v) is 6.99. The lowest BCUT2D eigenvalue weighted by Crippen LogP contribution is -2.43. The maximum absolute atomic E-state index is 12.1. The largest absolute Gasteiger partial charge is 0.469 e. The molecule has 0 saturated carbocycles. The van der Waals surface area contributed by atoms with Gasteiger partial charge in [0.2, 0.25) is 0 Å². The van der Waals surface area contributed by atoms with Crippen LogP contribution in [0.5, 0.6) is 0 Å². The Morgan fingerprint density at radius 3 is 2.14 bits per heavy atom. The highest BCUT2D eigenvalue weighted by Gasteiger charge is 2.27. The lowest BCUT2D eigenvalue weighted by Gasteiger charge is -2.19. The molecule has 1 aromatic carbocycles. The number of methoxy groups -OCH3 is 2. The minimum atomic E-state index is -0.942.